The number of hydrogen-bond donors (Lipinski definition) is 1. The molecule has 1 N–H and O–H groups in total. The van der Waals surface area contributed by atoms with Gasteiger partial charge in [-0.25, -0.2) is 4.79 Å². The maximum atomic E-state index is 13.6. The van der Waals surface area contributed by atoms with Gasteiger partial charge < -0.3 is 14.8 Å². The van der Waals surface area contributed by atoms with Crippen molar-refractivity contribution in [1.29, 1.82) is 0 Å². The molecule has 0 saturated heterocycles. The third-order valence-corrected chi connectivity index (χ3v) is 6.56. The Labute approximate surface area is 196 Å². The van der Waals surface area contributed by atoms with E-state index in [1.165, 1.54) is 0 Å². The van der Waals surface area contributed by atoms with Gasteiger partial charge in [-0.3, -0.25) is 4.79 Å². The standard InChI is InChI=1S/C26H26BrNO4/c1-4-32-26(30)23-15(2)28-21-13-18(16-7-6-10-20(12-16)31-3)14-22(29)25(21)24(23)17-8-5-9-19(27)11-17/h5-12,18,24,28H,4,13-14H2,1-3H3/t18-,24+/m0/s1. The van der Waals surface area contributed by atoms with Gasteiger partial charge in [-0.2, -0.15) is 0 Å². The highest BCUT2D eigenvalue weighted by Crippen LogP contribution is 2.46. The summed E-state index contributed by atoms with van der Waals surface area (Å²) in [6, 6.07) is 15.7. The molecule has 5 nitrogen and oxygen atoms in total. The zero-order valence-electron chi connectivity index (χ0n) is 18.4. The van der Waals surface area contributed by atoms with Gasteiger partial charge in [0.25, 0.3) is 0 Å². The molecule has 4 rings (SSSR count). The van der Waals surface area contributed by atoms with Crippen molar-refractivity contribution in [2.75, 3.05) is 13.7 Å². The van der Waals surface area contributed by atoms with E-state index >= 15 is 0 Å². The number of carbonyl (C=O) groups excluding carboxylic acids is 2. The van der Waals surface area contributed by atoms with Crippen LogP contribution in [0.4, 0.5) is 0 Å². The lowest BCUT2D eigenvalue weighted by molar-refractivity contribution is -0.138. The first-order chi connectivity index (χ1) is 15.4. The van der Waals surface area contributed by atoms with Crippen molar-refractivity contribution < 1.29 is 19.1 Å². The zero-order valence-corrected chi connectivity index (χ0v) is 20.0. The highest BCUT2D eigenvalue weighted by molar-refractivity contribution is 9.10. The Hall–Kier alpha value is -2.86. The van der Waals surface area contributed by atoms with Gasteiger partial charge in [0, 0.05) is 33.8 Å². The number of methoxy groups -OCH3 is 1. The number of ether oxygens (including phenoxy) is 2. The van der Waals surface area contributed by atoms with Crippen LogP contribution in [0.3, 0.4) is 0 Å². The van der Waals surface area contributed by atoms with E-state index in [0.29, 0.717) is 24.0 Å². The molecule has 0 aromatic heterocycles. The highest BCUT2D eigenvalue weighted by Gasteiger charge is 2.41. The molecule has 0 fully saturated rings. The fourth-order valence-corrected chi connectivity index (χ4v) is 5.09. The van der Waals surface area contributed by atoms with E-state index in [-0.39, 0.29) is 18.3 Å². The molecule has 1 aliphatic heterocycles. The summed E-state index contributed by atoms with van der Waals surface area (Å²) in [6.07, 6.45) is 1.07. The summed E-state index contributed by atoms with van der Waals surface area (Å²) in [4.78, 5) is 26.5. The number of ketones is 1. The highest BCUT2D eigenvalue weighted by atomic mass is 79.9. The van der Waals surface area contributed by atoms with Gasteiger partial charge in [-0.05, 0) is 61.6 Å². The molecule has 0 spiro atoms. The SMILES string of the molecule is CCOC(=O)C1=C(C)NC2=C(C(=O)C[C@@H](c3cccc(OC)c3)C2)[C@@H]1c1cccc(Br)c1. The molecule has 2 atom stereocenters. The summed E-state index contributed by atoms with van der Waals surface area (Å²) < 4.78 is 11.6. The van der Waals surface area contributed by atoms with Gasteiger partial charge >= 0.3 is 5.97 Å². The van der Waals surface area contributed by atoms with Gasteiger partial charge in [0.1, 0.15) is 5.75 Å². The van der Waals surface area contributed by atoms with Crippen LogP contribution in [0, 0.1) is 0 Å². The molecule has 32 heavy (non-hydrogen) atoms. The molecule has 0 unspecified atom stereocenters. The largest absolute Gasteiger partial charge is 0.497 e. The predicted molar refractivity (Wildman–Crippen MR) is 126 cm³/mol. The number of hydrogen-bond acceptors (Lipinski definition) is 5. The number of rotatable bonds is 5. The van der Waals surface area contributed by atoms with Crippen molar-refractivity contribution in [3.8, 4) is 5.75 Å². The van der Waals surface area contributed by atoms with Crippen LogP contribution in [0.25, 0.3) is 0 Å². The molecule has 2 aromatic carbocycles. The van der Waals surface area contributed by atoms with Gasteiger partial charge in [-0.15, -0.1) is 0 Å². The number of benzene rings is 2. The van der Waals surface area contributed by atoms with Crippen molar-refractivity contribution in [3.63, 3.8) is 0 Å². The summed E-state index contributed by atoms with van der Waals surface area (Å²) in [6.45, 7) is 3.94. The minimum Gasteiger partial charge on any atom is -0.497 e. The molecular weight excluding hydrogens is 470 g/mol. The van der Waals surface area contributed by atoms with E-state index in [2.05, 4.69) is 21.2 Å². The Morgan fingerprint density at radius 3 is 2.59 bits per heavy atom. The van der Waals surface area contributed by atoms with E-state index in [0.717, 1.165) is 32.7 Å². The smallest absolute Gasteiger partial charge is 0.336 e. The minimum absolute atomic E-state index is 0.0453. The molecule has 6 heteroatoms. The molecule has 1 heterocycles. The Balaban J connectivity index is 1.79. The van der Waals surface area contributed by atoms with Crippen molar-refractivity contribution in [3.05, 3.63) is 86.7 Å². The summed E-state index contributed by atoms with van der Waals surface area (Å²) in [5.74, 6) is 0.0205. The van der Waals surface area contributed by atoms with E-state index in [1.54, 1.807) is 14.0 Å². The fourth-order valence-electron chi connectivity index (χ4n) is 4.67. The maximum absolute atomic E-state index is 13.6. The summed E-state index contributed by atoms with van der Waals surface area (Å²) in [5, 5.41) is 3.38. The Morgan fingerprint density at radius 1 is 1.12 bits per heavy atom. The van der Waals surface area contributed by atoms with Gasteiger partial charge in [0.2, 0.25) is 0 Å². The number of Topliss-reactive ketones (excluding diaryl/α,β-unsaturated/α-hetero) is 1. The molecule has 0 radical (unpaired) electrons. The third-order valence-electron chi connectivity index (χ3n) is 6.07. The minimum atomic E-state index is -0.457. The number of carbonyl (C=O) groups is 2. The number of halogens is 1. The second kappa shape index (κ2) is 9.33. The van der Waals surface area contributed by atoms with Crippen LogP contribution < -0.4 is 10.1 Å². The number of esters is 1. The summed E-state index contributed by atoms with van der Waals surface area (Å²) >= 11 is 3.53. The lowest BCUT2D eigenvalue weighted by Gasteiger charge is -2.36. The third kappa shape index (κ3) is 4.24. The molecule has 1 aliphatic carbocycles. The number of allylic oxidation sites excluding steroid dienone is 3. The zero-order chi connectivity index (χ0) is 22.8. The first-order valence-corrected chi connectivity index (χ1v) is 11.5. The average Bonchev–Trinajstić information content (AvgIpc) is 2.78. The monoisotopic (exact) mass is 495 g/mol. The molecule has 0 amide bonds. The Bertz CT molecular complexity index is 1130. The average molecular weight is 496 g/mol. The lowest BCUT2D eigenvalue weighted by atomic mass is 9.71. The van der Waals surface area contributed by atoms with E-state index in [4.69, 9.17) is 9.47 Å². The number of dihydropyridines is 1. The predicted octanol–water partition coefficient (Wildman–Crippen LogP) is 5.38. The van der Waals surface area contributed by atoms with Crippen LogP contribution >= 0.6 is 15.9 Å². The number of nitrogens with one attached hydrogen (secondary N) is 1. The Kier molecular flexibility index (Phi) is 6.51. The molecular formula is C26H26BrNO4. The maximum Gasteiger partial charge on any atom is 0.336 e. The van der Waals surface area contributed by atoms with Crippen molar-refractivity contribution in [2.45, 2.75) is 38.5 Å². The quantitative estimate of drug-likeness (QED) is 0.563. The molecule has 0 bridgehead atoms. The molecule has 2 aliphatic rings. The first kappa shape index (κ1) is 22.3. The first-order valence-electron chi connectivity index (χ1n) is 10.7. The van der Waals surface area contributed by atoms with Crippen LogP contribution in [0.2, 0.25) is 0 Å². The van der Waals surface area contributed by atoms with E-state index in [9.17, 15) is 9.59 Å². The van der Waals surface area contributed by atoms with Gasteiger partial charge in [-0.1, -0.05) is 40.2 Å². The Morgan fingerprint density at radius 2 is 1.88 bits per heavy atom. The van der Waals surface area contributed by atoms with E-state index < -0.39 is 11.9 Å². The van der Waals surface area contributed by atoms with Crippen LogP contribution in [0.1, 0.15) is 49.7 Å². The molecule has 0 saturated carbocycles. The van der Waals surface area contributed by atoms with Gasteiger partial charge in [0.15, 0.2) is 5.78 Å². The summed E-state index contributed by atoms with van der Waals surface area (Å²) in [5.41, 5.74) is 4.73. The molecule has 166 valence electrons. The van der Waals surface area contributed by atoms with Crippen molar-refractivity contribution >= 4 is 27.7 Å². The van der Waals surface area contributed by atoms with Crippen molar-refractivity contribution in [1.82, 2.24) is 5.32 Å². The van der Waals surface area contributed by atoms with Crippen LogP contribution in [0.5, 0.6) is 5.75 Å². The second-order valence-electron chi connectivity index (χ2n) is 8.07. The van der Waals surface area contributed by atoms with Crippen molar-refractivity contribution in [2.24, 2.45) is 0 Å². The van der Waals surface area contributed by atoms with Crippen LogP contribution in [-0.2, 0) is 14.3 Å². The fraction of sp³-hybridized carbons (Fsp3) is 0.308. The second-order valence-corrected chi connectivity index (χ2v) is 8.99. The lowest BCUT2D eigenvalue weighted by Crippen LogP contribution is -2.36. The van der Waals surface area contributed by atoms with Crippen LogP contribution in [0.15, 0.2) is 75.5 Å². The van der Waals surface area contributed by atoms with Gasteiger partial charge in [0.05, 0.1) is 19.3 Å². The summed E-state index contributed by atoms with van der Waals surface area (Å²) in [7, 11) is 1.64. The molecule has 2 aromatic rings. The van der Waals surface area contributed by atoms with Crippen LogP contribution in [-0.4, -0.2) is 25.5 Å². The topological polar surface area (TPSA) is 64.6 Å². The van der Waals surface area contributed by atoms with E-state index in [1.807, 2.05) is 55.5 Å². The normalized spacial score (nSPS) is 20.6.